The minimum Gasteiger partial charge on any atom is -0.399 e. The third-order valence-electron chi connectivity index (χ3n) is 8.27. The molecule has 0 amide bonds. The molecule has 0 aliphatic rings. The Hall–Kier alpha value is -6.46. The molecule has 47 heavy (non-hydrogen) atoms. The van der Waals surface area contributed by atoms with E-state index in [1.54, 1.807) is 0 Å². The highest BCUT2D eigenvalue weighted by Gasteiger charge is 2.13. The first kappa shape index (κ1) is 28.0. The van der Waals surface area contributed by atoms with Crippen molar-refractivity contribution >= 4 is 16.6 Å². The standard InChI is InChI=1S/C42H29N5/c43-38-20-17-28(18-21-38)31-13-7-14-32(23-31)34-19-22-39-36(25-34)26-37(27-44-39)33-15-8-16-35(24-33)42-46-40(29-9-3-1-4-10-29)45-41(47-42)30-11-5-2-6-12-30/h1-27H,43H2. The van der Waals surface area contributed by atoms with Gasteiger partial charge < -0.3 is 5.73 Å². The molecule has 8 rings (SSSR count). The zero-order valence-electron chi connectivity index (χ0n) is 25.5. The number of nitrogens with zero attached hydrogens (tertiary/aromatic N) is 4. The average Bonchev–Trinajstić information content (AvgIpc) is 3.15. The molecule has 0 unspecified atom stereocenters. The molecule has 222 valence electrons. The van der Waals surface area contributed by atoms with Gasteiger partial charge in [0.15, 0.2) is 17.5 Å². The van der Waals surface area contributed by atoms with Crippen molar-refractivity contribution in [2.24, 2.45) is 0 Å². The molecule has 0 saturated heterocycles. The molecule has 2 heterocycles. The summed E-state index contributed by atoms with van der Waals surface area (Å²) in [5.41, 5.74) is 17.0. The van der Waals surface area contributed by atoms with Crippen molar-refractivity contribution in [2.75, 3.05) is 5.73 Å². The summed E-state index contributed by atoms with van der Waals surface area (Å²) in [5.74, 6) is 1.90. The molecule has 0 bridgehead atoms. The van der Waals surface area contributed by atoms with E-state index in [4.69, 9.17) is 25.7 Å². The SMILES string of the molecule is Nc1ccc(-c2cccc(-c3ccc4ncc(-c5cccc(-c6nc(-c7ccccc7)nc(-c7ccccc7)n6)c5)cc4c3)c2)cc1. The van der Waals surface area contributed by atoms with Gasteiger partial charge >= 0.3 is 0 Å². The molecular weight excluding hydrogens is 574 g/mol. The van der Waals surface area contributed by atoms with Crippen LogP contribution in [0.1, 0.15) is 0 Å². The summed E-state index contributed by atoms with van der Waals surface area (Å²) >= 11 is 0. The number of nitrogen functional groups attached to an aromatic ring is 1. The minimum absolute atomic E-state index is 0.622. The van der Waals surface area contributed by atoms with Gasteiger partial charge in [-0.05, 0) is 70.3 Å². The first-order valence-corrected chi connectivity index (χ1v) is 15.5. The number of fused-ring (bicyclic) bond motifs is 1. The third-order valence-corrected chi connectivity index (χ3v) is 8.27. The summed E-state index contributed by atoms with van der Waals surface area (Å²) in [4.78, 5) is 19.5. The molecule has 5 heteroatoms. The van der Waals surface area contributed by atoms with E-state index in [0.717, 1.165) is 66.7 Å². The topological polar surface area (TPSA) is 77.6 Å². The maximum atomic E-state index is 5.91. The largest absolute Gasteiger partial charge is 0.399 e. The molecule has 0 atom stereocenters. The first-order valence-electron chi connectivity index (χ1n) is 15.5. The van der Waals surface area contributed by atoms with Crippen LogP contribution in [0.2, 0.25) is 0 Å². The Labute approximate surface area is 273 Å². The smallest absolute Gasteiger partial charge is 0.164 e. The lowest BCUT2D eigenvalue weighted by Crippen LogP contribution is -2.00. The predicted octanol–water partition coefficient (Wildman–Crippen LogP) is 10.0. The fourth-order valence-corrected chi connectivity index (χ4v) is 5.80. The van der Waals surface area contributed by atoms with Gasteiger partial charge in [-0.3, -0.25) is 4.98 Å². The Morgan fingerprint density at radius 2 is 0.787 bits per heavy atom. The van der Waals surface area contributed by atoms with Crippen LogP contribution in [0.3, 0.4) is 0 Å². The summed E-state index contributed by atoms with van der Waals surface area (Å²) in [6.07, 6.45) is 1.93. The quantitative estimate of drug-likeness (QED) is 0.191. The van der Waals surface area contributed by atoms with Gasteiger partial charge in [-0.2, -0.15) is 0 Å². The van der Waals surface area contributed by atoms with Gasteiger partial charge in [0, 0.05) is 39.5 Å². The van der Waals surface area contributed by atoms with Gasteiger partial charge in [0.05, 0.1) is 5.52 Å². The van der Waals surface area contributed by atoms with E-state index < -0.39 is 0 Å². The highest BCUT2D eigenvalue weighted by Crippen LogP contribution is 2.32. The van der Waals surface area contributed by atoms with E-state index in [1.165, 1.54) is 0 Å². The number of hydrogen-bond acceptors (Lipinski definition) is 5. The Kier molecular flexibility index (Phi) is 7.25. The summed E-state index contributed by atoms with van der Waals surface area (Å²) in [5, 5.41) is 1.07. The molecule has 0 spiro atoms. The molecule has 6 aromatic carbocycles. The third kappa shape index (κ3) is 5.86. The van der Waals surface area contributed by atoms with Crippen molar-refractivity contribution in [1.82, 2.24) is 19.9 Å². The lowest BCUT2D eigenvalue weighted by molar-refractivity contribution is 1.07. The average molecular weight is 604 g/mol. The molecule has 0 saturated carbocycles. The van der Waals surface area contributed by atoms with Gasteiger partial charge in [-0.1, -0.05) is 115 Å². The van der Waals surface area contributed by atoms with Crippen LogP contribution in [-0.4, -0.2) is 19.9 Å². The summed E-state index contributed by atoms with van der Waals surface area (Å²) in [7, 11) is 0. The Morgan fingerprint density at radius 1 is 0.340 bits per heavy atom. The Morgan fingerprint density at radius 3 is 1.43 bits per heavy atom. The predicted molar refractivity (Wildman–Crippen MR) is 192 cm³/mol. The number of anilines is 1. The van der Waals surface area contributed by atoms with E-state index in [1.807, 2.05) is 91.1 Å². The molecular formula is C42H29N5. The maximum absolute atomic E-state index is 5.91. The minimum atomic E-state index is 0.622. The van der Waals surface area contributed by atoms with Gasteiger partial charge in [0.1, 0.15) is 0 Å². The molecule has 0 aliphatic heterocycles. The lowest BCUT2D eigenvalue weighted by atomic mass is 9.97. The second kappa shape index (κ2) is 12.1. The Balaban J connectivity index is 1.17. The number of rotatable bonds is 6. The van der Waals surface area contributed by atoms with Crippen LogP contribution in [-0.2, 0) is 0 Å². The van der Waals surface area contributed by atoms with Crippen LogP contribution < -0.4 is 5.73 Å². The zero-order valence-corrected chi connectivity index (χ0v) is 25.5. The number of pyridine rings is 1. The second-order valence-electron chi connectivity index (χ2n) is 11.5. The summed E-state index contributed by atoms with van der Waals surface area (Å²) in [6, 6.07) is 53.6. The van der Waals surface area contributed by atoms with Crippen LogP contribution in [0.4, 0.5) is 5.69 Å². The molecule has 0 aliphatic carbocycles. The van der Waals surface area contributed by atoms with Crippen LogP contribution in [0.15, 0.2) is 164 Å². The van der Waals surface area contributed by atoms with E-state index in [9.17, 15) is 0 Å². The van der Waals surface area contributed by atoms with E-state index >= 15 is 0 Å². The molecule has 5 nitrogen and oxygen atoms in total. The van der Waals surface area contributed by atoms with Gasteiger partial charge in [-0.15, -0.1) is 0 Å². The highest BCUT2D eigenvalue weighted by molar-refractivity contribution is 5.89. The molecule has 0 fully saturated rings. The van der Waals surface area contributed by atoms with E-state index in [0.29, 0.717) is 17.5 Å². The fourth-order valence-electron chi connectivity index (χ4n) is 5.80. The van der Waals surface area contributed by atoms with Crippen LogP contribution in [0.25, 0.3) is 78.4 Å². The van der Waals surface area contributed by atoms with Crippen molar-refractivity contribution in [1.29, 1.82) is 0 Å². The number of aromatic nitrogens is 4. The maximum Gasteiger partial charge on any atom is 0.164 e. The summed E-state index contributed by atoms with van der Waals surface area (Å²) in [6.45, 7) is 0. The van der Waals surface area contributed by atoms with Crippen LogP contribution >= 0.6 is 0 Å². The number of hydrogen-bond donors (Lipinski definition) is 1. The van der Waals surface area contributed by atoms with Crippen molar-refractivity contribution < 1.29 is 0 Å². The fraction of sp³-hybridized carbons (Fsp3) is 0. The Bertz CT molecular complexity index is 2290. The first-order chi connectivity index (χ1) is 23.2. The van der Waals surface area contributed by atoms with Crippen LogP contribution in [0.5, 0.6) is 0 Å². The van der Waals surface area contributed by atoms with Gasteiger partial charge in [0.25, 0.3) is 0 Å². The van der Waals surface area contributed by atoms with Crippen molar-refractivity contribution in [3.63, 3.8) is 0 Å². The van der Waals surface area contributed by atoms with E-state index in [2.05, 4.69) is 72.8 Å². The van der Waals surface area contributed by atoms with Crippen LogP contribution in [0, 0.1) is 0 Å². The van der Waals surface area contributed by atoms with E-state index in [-0.39, 0.29) is 0 Å². The second-order valence-corrected chi connectivity index (χ2v) is 11.5. The lowest BCUT2D eigenvalue weighted by Gasteiger charge is -2.10. The normalized spacial score (nSPS) is 11.1. The van der Waals surface area contributed by atoms with Crippen molar-refractivity contribution in [2.45, 2.75) is 0 Å². The van der Waals surface area contributed by atoms with Gasteiger partial charge in [0.2, 0.25) is 0 Å². The summed E-state index contributed by atoms with van der Waals surface area (Å²) < 4.78 is 0. The monoisotopic (exact) mass is 603 g/mol. The number of benzene rings is 6. The molecule has 8 aromatic rings. The molecule has 2 N–H and O–H groups in total. The molecule has 0 radical (unpaired) electrons. The highest BCUT2D eigenvalue weighted by atomic mass is 15.0. The zero-order chi connectivity index (χ0) is 31.6. The van der Waals surface area contributed by atoms with Crippen molar-refractivity contribution in [3.05, 3.63) is 164 Å². The van der Waals surface area contributed by atoms with Crippen molar-refractivity contribution in [3.8, 4) is 67.5 Å². The number of nitrogens with two attached hydrogens (primary N) is 1. The molecule has 2 aromatic heterocycles. The van der Waals surface area contributed by atoms with Gasteiger partial charge in [-0.25, -0.2) is 15.0 Å².